The predicted octanol–water partition coefficient (Wildman–Crippen LogP) is 2.69. The van der Waals surface area contributed by atoms with Crippen LogP contribution in [0.4, 0.5) is 5.82 Å². The van der Waals surface area contributed by atoms with Crippen molar-refractivity contribution in [3.05, 3.63) is 46.8 Å². The number of aryl methyl sites for hydroxylation is 3. The Bertz CT molecular complexity index is 920. The molecular weight excluding hydrogens is 338 g/mol. The highest BCUT2D eigenvalue weighted by Gasteiger charge is 2.21. The Morgan fingerprint density at radius 3 is 2.85 bits per heavy atom. The summed E-state index contributed by atoms with van der Waals surface area (Å²) in [6, 6.07) is 6.43. The first-order chi connectivity index (χ1) is 13.1. The van der Waals surface area contributed by atoms with E-state index in [2.05, 4.69) is 58.5 Å². The van der Waals surface area contributed by atoms with E-state index in [4.69, 9.17) is 4.74 Å². The molecule has 4 rings (SSSR count). The number of ether oxygens (including phenoxy) is 1. The Hall–Kier alpha value is -2.31. The molecular formula is C21H29N5O. The molecule has 1 fully saturated rings. The number of aromatic nitrogens is 3. The van der Waals surface area contributed by atoms with Crippen LogP contribution in [0.3, 0.4) is 0 Å². The summed E-state index contributed by atoms with van der Waals surface area (Å²) in [6.45, 7) is 9.51. The summed E-state index contributed by atoms with van der Waals surface area (Å²) in [5.41, 5.74) is 6.35. The number of anilines is 1. The standard InChI is InChI=1S/C21H29N5O/c1-15-5-4-6-19-20(15)17(13-23-19)7-8-22-14-18-16(2)24-25(3)21(18)26-9-11-27-12-10-26/h4-6,13,22-23H,7-12,14H2,1-3H3. The zero-order valence-corrected chi connectivity index (χ0v) is 16.5. The Morgan fingerprint density at radius 2 is 2.04 bits per heavy atom. The summed E-state index contributed by atoms with van der Waals surface area (Å²) in [5.74, 6) is 1.23. The SMILES string of the molecule is Cc1nn(C)c(N2CCOCC2)c1CNCCc1c[nH]c2cccc(C)c12. The lowest BCUT2D eigenvalue weighted by Crippen LogP contribution is -2.38. The quantitative estimate of drug-likeness (QED) is 0.658. The zero-order valence-electron chi connectivity index (χ0n) is 16.5. The van der Waals surface area contributed by atoms with Crippen LogP contribution in [0.25, 0.3) is 10.9 Å². The molecule has 2 N–H and O–H groups in total. The van der Waals surface area contributed by atoms with Crippen molar-refractivity contribution in [1.82, 2.24) is 20.1 Å². The number of rotatable bonds is 6. The lowest BCUT2D eigenvalue weighted by molar-refractivity contribution is 0.122. The molecule has 1 aliphatic heterocycles. The van der Waals surface area contributed by atoms with E-state index in [1.165, 1.54) is 33.4 Å². The van der Waals surface area contributed by atoms with Crippen molar-refractivity contribution in [2.45, 2.75) is 26.8 Å². The van der Waals surface area contributed by atoms with Gasteiger partial charge in [0.15, 0.2) is 0 Å². The molecule has 0 radical (unpaired) electrons. The third-order valence-electron chi connectivity index (χ3n) is 5.49. The minimum Gasteiger partial charge on any atom is -0.378 e. The normalized spacial score (nSPS) is 15.0. The van der Waals surface area contributed by atoms with Crippen molar-refractivity contribution >= 4 is 16.7 Å². The first-order valence-electron chi connectivity index (χ1n) is 9.76. The predicted molar refractivity (Wildman–Crippen MR) is 109 cm³/mol. The van der Waals surface area contributed by atoms with Gasteiger partial charge in [0.25, 0.3) is 0 Å². The van der Waals surface area contributed by atoms with Crippen LogP contribution in [0, 0.1) is 13.8 Å². The van der Waals surface area contributed by atoms with E-state index in [9.17, 15) is 0 Å². The van der Waals surface area contributed by atoms with Gasteiger partial charge in [-0.1, -0.05) is 12.1 Å². The molecule has 0 saturated carbocycles. The molecule has 0 amide bonds. The van der Waals surface area contributed by atoms with E-state index in [1.807, 2.05) is 11.7 Å². The minimum absolute atomic E-state index is 0.789. The van der Waals surface area contributed by atoms with Crippen LogP contribution in [-0.4, -0.2) is 47.6 Å². The molecule has 1 aliphatic rings. The average Bonchev–Trinajstić information content (AvgIpc) is 3.21. The Labute approximate surface area is 160 Å². The Morgan fingerprint density at radius 1 is 1.22 bits per heavy atom. The molecule has 2 aromatic heterocycles. The van der Waals surface area contributed by atoms with Crippen LogP contribution in [0.1, 0.15) is 22.4 Å². The van der Waals surface area contributed by atoms with E-state index < -0.39 is 0 Å². The molecule has 0 spiro atoms. The highest BCUT2D eigenvalue weighted by molar-refractivity contribution is 5.86. The summed E-state index contributed by atoms with van der Waals surface area (Å²) < 4.78 is 7.52. The molecule has 6 nitrogen and oxygen atoms in total. The first-order valence-corrected chi connectivity index (χ1v) is 9.76. The molecule has 144 valence electrons. The molecule has 6 heteroatoms. The van der Waals surface area contributed by atoms with Crippen LogP contribution in [0.2, 0.25) is 0 Å². The third kappa shape index (κ3) is 3.59. The molecule has 0 atom stereocenters. The highest BCUT2D eigenvalue weighted by atomic mass is 16.5. The molecule has 3 heterocycles. The largest absolute Gasteiger partial charge is 0.378 e. The summed E-state index contributed by atoms with van der Waals surface area (Å²) in [5, 5.41) is 9.66. The second-order valence-electron chi connectivity index (χ2n) is 7.35. The van der Waals surface area contributed by atoms with Gasteiger partial charge in [-0.15, -0.1) is 0 Å². The molecule has 1 aromatic carbocycles. The lowest BCUT2D eigenvalue weighted by atomic mass is 10.1. The smallest absolute Gasteiger partial charge is 0.131 e. The molecule has 27 heavy (non-hydrogen) atoms. The number of hydrogen-bond donors (Lipinski definition) is 2. The van der Waals surface area contributed by atoms with Gasteiger partial charge in [-0.3, -0.25) is 4.68 Å². The number of nitrogens with one attached hydrogen (secondary N) is 2. The summed E-state index contributed by atoms with van der Waals surface area (Å²) in [4.78, 5) is 5.78. The fraction of sp³-hybridized carbons (Fsp3) is 0.476. The molecule has 0 aliphatic carbocycles. The second-order valence-corrected chi connectivity index (χ2v) is 7.35. The highest BCUT2D eigenvalue weighted by Crippen LogP contribution is 2.25. The van der Waals surface area contributed by atoms with Gasteiger partial charge >= 0.3 is 0 Å². The van der Waals surface area contributed by atoms with Gasteiger partial charge in [-0.25, -0.2) is 0 Å². The summed E-state index contributed by atoms with van der Waals surface area (Å²) >= 11 is 0. The van der Waals surface area contributed by atoms with Gasteiger partial charge < -0.3 is 19.9 Å². The molecule has 0 bridgehead atoms. The average molecular weight is 367 g/mol. The van der Waals surface area contributed by atoms with E-state index in [0.29, 0.717) is 0 Å². The van der Waals surface area contributed by atoms with Crippen molar-refractivity contribution in [3.8, 4) is 0 Å². The van der Waals surface area contributed by atoms with Gasteiger partial charge in [0.2, 0.25) is 0 Å². The number of hydrogen-bond acceptors (Lipinski definition) is 4. The zero-order chi connectivity index (χ0) is 18.8. The maximum absolute atomic E-state index is 5.50. The van der Waals surface area contributed by atoms with Crippen LogP contribution in [0.15, 0.2) is 24.4 Å². The van der Waals surface area contributed by atoms with Crippen LogP contribution in [0.5, 0.6) is 0 Å². The van der Waals surface area contributed by atoms with E-state index in [1.54, 1.807) is 0 Å². The van der Waals surface area contributed by atoms with E-state index in [-0.39, 0.29) is 0 Å². The number of H-pyrrole nitrogens is 1. The number of nitrogens with zero attached hydrogens (tertiary/aromatic N) is 3. The van der Waals surface area contributed by atoms with Crippen molar-refractivity contribution in [1.29, 1.82) is 0 Å². The van der Waals surface area contributed by atoms with Crippen LogP contribution in [-0.2, 0) is 24.8 Å². The number of morpholine rings is 1. The molecule has 0 unspecified atom stereocenters. The Balaban J connectivity index is 1.42. The fourth-order valence-electron chi connectivity index (χ4n) is 4.15. The topological polar surface area (TPSA) is 58.1 Å². The first kappa shape index (κ1) is 18.1. The number of fused-ring (bicyclic) bond motifs is 1. The number of aromatic amines is 1. The van der Waals surface area contributed by atoms with Gasteiger partial charge in [0.1, 0.15) is 5.82 Å². The fourth-order valence-corrected chi connectivity index (χ4v) is 4.15. The lowest BCUT2D eigenvalue weighted by Gasteiger charge is -2.29. The molecule has 1 saturated heterocycles. The monoisotopic (exact) mass is 367 g/mol. The van der Waals surface area contributed by atoms with Crippen molar-refractivity contribution in [2.24, 2.45) is 7.05 Å². The van der Waals surface area contributed by atoms with Crippen molar-refractivity contribution in [3.63, 3.8) is 0 Å². The Kier molecular flexibility index (Phi) is 5.18. The van der Waals surface area contributed by atoms with Crippen LogP contribution < -0.4 is 10.2 Å². The van der Waals surface area contributed by atoms with E-state index >= 15 is 0 Å². The van der Waals surface area contributed by atoms with Gasteiger partial charge in [-0.05, 0) is 44.0 Å². The summed E-state index contributed by atoms with van der Waals surface area (Å²) in [6.07, 6.45) is 3.16. The van der Waals surface area contributed by atoms with Gasteiger partial charge in [0, 0.05) is 49.3 Å². The van der Waals surface area contributed by atoms with Crippen molar-refractivity contribution in [2.75, 3.05) is 37.7 Å². The van der Waals surface area contributed by atoms with Crippen LogP contribution >= 0.6 is 0 Å². The summed E-state index contributed by atoms with van der Waals surface area (Å²) in [7, 11) is 2.04. The maximum Gasteiger partial charge on any atom is 0.131 e. The van der Waals surface area contributed by atoms with E-state index in [0.717, 1.165) is 51.5 Å². The molecule has 3 aromatic rings. The maximum atomic E-state index is 5.50. The van der Waals surface area contributed by atoms with Gasteiger partial charge in [-0.2, -0.15) is 5.10 Å². The minimum atomic E-state index is 0.789. The second kappa shape index (κ2) is 7.74. The van der Waals surface area contributed by atoms with Gasteiger partial charge in [0.05, 0.1) is 18.9 Å². The number of benzene rings is 1. The third-order valence-corrected chi connectivity index (χ3v) is 5.49. The van der Waals surface area contributed by atoms with Crippen molar-refractivity contribution < 1.29 is 4.74 Å².